The summed E-state index contributed by atoms with van der Waals surface area (Å²) in [6.45, 7) is 5.24. The molecule has 1 aliphatic rings. The number of hydrogen-bond donors (Lipinski definition) is 0. The highest BCUT2D eigenvalue weighted by Gasteiger charge is 2.42. The van der Waals surface area contributed by atoms with Crippen LogP contribution >= 0.6 is 0 Å². The predicted molar refractivity (Wildman–Crippen MR) is 60.9 cm³/mol. The van der Waals surface area contributed by atoms with Crippen LogP contribution in [0.2, 0.25) is 0 Å². The maximum Gasteiger partial charge on any atom is 0.409 e. The minimum atomic E-state index is -0.144. The molecule has 1 fully saturated rings. The highest BCUT2D eigenvalue weighted by molar-refractivity contribution is 5.69. The zero-order valence-electron chi connectivity index (χ0n) is 10.2. The number of carbonyl (C=O) groups is 1. The Morgan fingerprint density at radius 3 is 2.40 bits per heavy atom. The zero-order valence-corrected chi connectivity index (χ0v) is 10.2. The third-order valence-corrected chi connectivity index (χ3v) is 3.42. The molecule has 0 radical (unpaired) electrons. The number of likely N-dealkylation sites (tertiary alicyclic amines) is 1. The Labute approximate surface area is 92.8 Å². The van der Waals surface area contributed by atoms with Crippen LogP contribution in [0.3, 0.4) is 0 Å². The van der Waals surface area contributed by atoms with Crippen LogP contribution in [-0.2, 0) is 4.74 Å². The van der Waals surface area contributed by atoms with Gasteiger partial charge in [-0.2, -0.15) is 0 Å². The van der Waals surface area contributed by atoms with Crippen molar-refractivity contribution in [1.29, 1.82) is 0 Å². The van der Waals surface area contributed by atoms with Crippen LogP contribution in [0.5, 0.6) is 0 Å². The molecule has 1 saturated heterocycles. The first-order chi connectivity index (χ1) is 7.20. The molecular formula is C12H23NO2. The van der Waals surface area contributed by atoms with Crippen molar-refractivity contribution in [2.45, 2.75) is 57.9 Å². The summed E-state index contributed by atoms with van der Waals surface area (Å²) in [5, 5.41) is 0. The van der Waals surface area contributed by atoms with Crippen molar-refractivity contribution >= 4 is 6.09 Å². The van der Waals surface area contributed by atoms with Crippen LogP contribution in [0.15, 0.2) is 0 Å². The first-order valence-corrected chi connectivity index (χ1v) is 6.05. The fourth-order valence-electron chi connectivity index (χ4n) is 2.91. The molecule has 0 aromatic rings. The van der Waals surface area contributed by atoms with E-state index in [1.165, 1.54) is 7.11 Å². The summed E-state index contributed by atoms with van der Waals surface area (Å²) < 4.78 is 4.87. The van der Waals surface area contributed by atoms with Crippen LogP contribution < -0.4 is 0 Å². The molecule has 0 saturated carbocycles. The Bertz CT molecular complexity index is 210. The molecule has 15 heavy (non-hydrogen) atoms. The van der Waals surface area contributed by atoms with Crippen molar-refractivity contribution in [1.82, 2.24) is 4.90 Å². The highest BCUT2D eigenvalue weighted by atomic mass is 16.5. The molecule has 1 rings (SSSR count). The molecule has 1 heterocycles. The van der Waals surface area contributed by atoms with Gasteiger partial charge in [0, 0.05) is 12.1 Å². The van der Waals surface area contributed by atoms with E-state index in [1.807, 2.05) is 4.90 Å². The molecule has 0 unspecified atom stereocenters. The highest BCUT2D eigenvalue weighted by Crippen LogP contribution is 2.37. The van der Waals surface area contributed by atoms with Gasteiger partial charge in [-0.25, -0.2) is 4.79 Å². The van der Waals surface area contributed by atoms with Crippen molar-refractivity contribution in [3.8, 4) is 0 Å². The summed E-state index contributed by atoms with van der Waals surface area (Å²) in [5.41, 5.74) is 0.0938. The second-order valence-electron chi connectivity index (χ2n) is 4.45. The van der Waals surface area contributed by atoms with E-state index >= 15 is 0 Å². The summed E-state index contributed by atoms with van der Waals surface area (Å²) in [6.07, 6.45) is 6.60. The van der Waals surface area contributed by atoms with Crippen LogP contribution in [0, 0.1) is 0 Å². The van der Waals surface area contributed by atoms with Crippen molar-refractivity contribution in [3.63, 3.8) is 0 Å². The normalized spacial score (nSPS) is 19.3. The Balaban J connectivity index is 2.78. The van der Waals surface area contributed by atoms with E-state index in [4.69, 9.17) is 4.74 Å². The summed E-state index contributed by atoms with van der Waals surface area (Å²) in [6, 6.07) is 0. The molecule has 0 spiro atoms. The van der Waals surface area contributed by atoms with Crippen molar-refractivity contribution < 1.29 is 9.53 Å². The Morgan fingerprint density at radius 2 is 1.93 bits per heavy atom. The van der Waals surface area contributed by atoms with E-state index < -0.39 is 0 Å². The molecule has 3 heteroatoms. The number of methoxy groups -OCH3 is 1. The van der Waals surface area contributed by atoms with Gasteiger partial charge < -0.3 is 9.64 Å². The fourth-order valence-corrected chi connectivity index (χ4v) is 2.91. The summed E-state index contributed by atoms with van der Waals surface area (Å²) in [4.78, 5) is 13.6. The smallest absolute Gasteiger partial charge is 0.409 e. The van der Waals surface area contributed by atoms with Gasteiger partial charge in [0.25, 0.3) is 0 Å². The second kappa shape index (κ2) is 5.38. The van der Waals surface area contributed by atoms with Crippen LogP contribution in [0.4, 0.5) is 4.79 Å². The van der Waals surface area contributed by atoms with Gasteiger partial charge in [-0.05, 0) is 25.7 Å². The summed E-state index contributed by atoms with van der Waals surface area (Å²) in [7, 11) is 1.48. The molecule has 1 aliphatic heterocycles. The van der Waals surface area contributed by atoms with Crippen LogP contribution in [-0.4, -0.2) is 30.2 Å². The third-order valence-electron chi connectivity index (χ3n) is 3.42. The van der Waals surface area contributed by atoms with Gasteiger partial charge in [0.15, 0.2) is 0 Å². The average molecular weight is 213 g/mol. The second-order valence-corrected chi connectivity index (χ2v) is 4.45. The largest absolute Gasteiger partial charge is 0.453 e. The topological polar surface area (TPSA) is 29.5 Å². The standard InChI is InChI=1S/C12H23NO2/c1-4-7-12(8-5-2)9-6-10-13(12)11(14)15-3/h4-10H2,1-3H3. The molecule has 0 aromatic heterocycles. The van der Waals surface area contributed by atoms with Crippen molar-refractivity contribution in [2.75, 3.05) is 13.7 Å². The van der Waals surface area contributed by atoms with E-state index in [1.54, 1.807) is 0 Å². The van der Waals surface area contributed by atoms with Gasteiger partial charge in [0.1, 0.15) is 0 Å². The number of nitrogens with zero attached hydrogens (tertiary/aromatic N) is 1. The van der Waals surface area contributed by atoms with Gasteiger partial charge in [0.05, 0.1) is 7.11 Å². The van der Waals surface area contributed by atoms with Crippen LogP contribution in [0.1, 0.15) is 52.4 Å². The molecule has 1 amide bonds. The maximum atomic E-state index is 11.7. The van der Waals surface area contributed by atoms with E-state index in [0.29, 0.717) is 0 Å². The molecule has 0 atom stereocenters. The molecule has 0 bridgehead atoms. The molecular weight excluding hydrogens is 190 g/mol. The average Bonchev–Trinajstić information content (AvgIpc) is 2.62. The van der Waals surface area contributed by atoms with Crippen LogP contribution in [0.25, 0.3) is 0 Å². The summed E-state index contributed by atoms with van der Waals surface area (Å²) >= 11 is 0. The lowest BCUT2D eigenvalue weighted by Crippen LogP contribution is -2.47. The molecule has 88 valence electrons. The van der Waals surface area contributed by atoms with Gasteiger partial charge in [0.2, 0.25) is 0 Å². The van der Waals surface area contributed by atoms with Gasteiger partial charge in [-0.1, -0.05) is 26.7 Å². The molecule has 0 aromatic carbocycles. The predicted octanol–water partition coefficient (Wildman–Crippen LogP) is 3.19. The third kappa shape index (κ3) is 2.44. The van der Waals surface area contributed by atoms with Gasteiger partial charge in [-0.3, -0.25) is 0 Å². The number of carbonyl (C=O) groups excluding carboxylic acids is 1. The first kappa shape index (κ1) is 12.3. The molecule has 3 nitrogen and oxygen atoms in total. The zero-order chi connectivity index (χ0) is 11.3. The Morgan fingerprint density at radius 1 is 1.33 bits per heavy atom. The first-order valence-electron chi connectivity index (χ1n) is 6.05. The lowest BCUT2D eigenvalue weighted by Gasteiger charge is -2.37. The lowest BCUT2D eigenvalue weighted by molar-refractivity contribution is 0.0760. The number of rotatable bonds is 4. The number of amides is 1. The van der Waals surface area contributed by atoms with E-state index in [9.17, 15) is 4.79 Å². The molecule has 0 aliphatic carbocycles. The fraction of sp³-hybridized carbons (Fsp3) is 0.917. The van der Waals surface area contributed by atoms with E-state index in [2.05, 4.69) is 13.8 Å². The molecule has 0 N–H and O–H groups in total. The monoisotopic (exact) mass is 213 g/mol. The quantitative estimate of drug-likeness (QED) is 0.717. The minimum absolute atomic E-state index is 0.0938. The Hall–Kier alpha value is -0.730. The Kier molecular flexibility index (Phi) is 4.43. The number of hydrogen-bond acceptors (Lipinski definition) is 2. The maximum absolute atomic E-state index is 11.7. The van der Waals surface area contributed by atoms with Gasteiger partial charge in [-0.15, -0.1) is 0 Å². The lowest BCUT2D eigenvalue weighted by atomic mass is 9.86. The van der Waals surface area contributed by atoms with Crippen molar-refractivity contribution in [3.05, 3.63) is 0 Å². The van der Waals surface area contributed by atoms with E-state index in [-0.39, 0.29) is 11.6 Å². The van der Waals surface area contributed by atoms with Gasteiger partial charge >= 0.3 is 6.09 Å². The van der Waals surface area contributed by atoms with E-state index in [0.717, 1.165) is 45.1 Å². The van der Waals surface area contributed by atoms with Crippen molar-refractivity contribution in [2.24, 2.45) is 0 Å². The number of ether oxygens (including phenoxy) is 1. The SMILES string of the molecule is CCCC1(CCC)CCCN1C(=O)OC. The minimum Gasteiger partial charge on any atom is -0.453 e. The summed E-state index contributed by atoms with van der Waals surface area (Å²) in [5.74, 6) is 0.